The highest BCUT2D eigenvalue weighted by Gasteiger charge is 2.43. The number of aliphatic hydroxyl groups excluding tert-OH is 2. The fourth-order valence-electron chi connectivity index (χ4n) is 3.19. The summed E-state index contributed by atoms with van der Waals surface area (Å²) in [6, 6.07) is 8.65. The predicted octanol–water partition coefficient (Wildman–Crippen LogP) is 0.889. The van der Waals surface area contributed by atoms with E-state index < -0.39 is 24.4 Å². The molecule has 24 heavy (non-hydrogen) atoms. The van der Waals surface area contributed by atoms with Gasteiger partial charge in [-0.25, -0.2) is 4.39 Å². The zero-order valence-corrected chi connectivity index (χ0v) is 14.1. The number of nitrogens with zero attached hydrogens (tertiary/aromatic N) is 1. The van der Waals surface area contributed by atoms with Crippen molar-refractivity contribution in [1.82, 2.24) is 10.2 Å². The Kier molecular flexibility index (Phi) is 7.15. The van der Waals surface area contributed by atoms with Crippen molar-refractivity contribution in [3.8, 4) is 0 Å². The number of amides is 1. The standard InChI is InChI=1S/C18H27FN2O3/c1-2-16(23)20-14-11-21(15(12-22)17(19)18(14)24)10-6-9-13-7-4-3-5-8-13/h3-5,7-8,14-15,17-18,22,24H,2,6,9-12H2,1H3,(H,20,23)/t14-,15+,17+,18+/m0/s1. The number of carbonyl (C=O) groups is 1. The molecule has 134 valence electrons. The summed E-state index contributed by atoms with van der Waals surface area (Å²) in [7, 11) is 0. The van der Waals surface area contributed by atoms with Crippen molar-refractivity contribution in [2.75, 3.05) is 19.7 Å². The fraction of sp³-hybridized carbons (Fsp3) is 0.611. The average Bonchev–Trinajstić information content (AvgIpc) is 2.60. The van der Waals surface area contributed by atoms with E-state index in [4.69, 9.17) is 0 Å². The Morgan fingerprint density at radius 3 is 2.71 bits per heavy atom. The van der Waals surface area contributed by atoms with E-state index in [0.29, 0.717) is 13.1 Å². The zero-order chi connectivity index (χ0) is 17.5. The molecule has 6 heteroatoms. The SMILES string of the molecule is CCC(=O)N[C@H]1CN(CCCc2ccccc2)[C@H](CO)[C@@H](F)[C@@H]1O. The number of aliphatic hydroxyl groups is 2. The molecule has 3 N–H and O–H groups in total. The van der Waals surface area contributed by atoms with Gasteiger partial charge in [0.25, 0.3) is 0 Å². The number of benzene rings is 1. The van der Waals surface area contributed by atoms with E-state index in [1.54, 1.807) is 6.92 Å². The molecule has 0 unspecified atom stereocenters. The molecule has 0 spiro atoms. The van der Waals surface area contributed by atoms with Crippen LogP contribution in [0.5, 0.6) is 0 Å². The number of hydrogen-bond donors (Lipinski definition) is 3. The van der Waals surface area contributed by atoms with Crippen LogP contribution in [0.4, 0.5) is 4.39 Å². The smallest absolute Gasteiger partial charge is 0.220 e. The maximum Gasteiger partial charge on any atom is 0.220 e. The molecule has 1 saturated heterocycles. The third kappa shape index (κ3) is 4.75. The summed E-state index contributed by atoms with van der Waals surface area (Å²) < 4.78 is 14.4. The maximum absolute atomic E-state index is 14.4. The van der Waals surface area contributed by atoms with Crippen LogP contribution in [0, 0.1) is 0 Å². The van der Waals surface area contributed by atoms with Gasteiger partial charge in [-0.2, -0.15) is 0 Å². The lowest BCUT2D eigenvalue weighted by Crippen LogP contribution is -2.65. The van der Waals surface area contributed by atoms with E-state index in [9.17, 15) is 19.4 Å². The van der Waals surface area contributed by atoms with Gasteiger partial charge in [0.1, 0.15) is 12.3 Å². The summed E-state index contributed by atoms with van der Waals surface area (Å²) in [5.41, 5.74) is 1.21. The normalized spacial score (nSPS) is 27.8. The van der Waals surface area contributed by atoms with Gasteiger partial charge in [-0.3, -0.25) is 9.69 Å². The van der Waals surface area contributed by atoms with Crippen LogP contribution in [0.2, 0.25) is 0 Å². The first-order valence-corrected chi connectivity index (χ1v) is 8.57. The molecule has 1 aromatic rings. The number of nitrogens with one attached hydrogen (secondary N) is 1. The maximum atomic E-state index is 14.4. The van der Waals surface area contributed by atoms with E-state index in [0.717, 1.165) is 12.8 Å². The van der Waals surface area contributed by atoms with Crippen LogP contribution < -0.4 is 5.32 Å². The molecule has 1 fully saturated rings. The summed E-state index contributed by atoms with van der Waals surface area (Å²) in [5.74, 6) is -0.210. The Morgan fingerprint density at radius 2 is 2.08 bits per heavy atom. The highest BCUT2D eigenvalue weighted by molar-refractivity contribution is 5.76. The summed E-state index contributed by atoms with van der Waals surface area (Å²) in [5, 5.41) is 22.3. The fourth-order valence-corrected chi connectivity index (χ4v) is 3.19. The Hall–Kier alpha value is -1.50. The largest absolute Gasteiger partial charge is 0.395 e. The van der Waals surface area contributed by atoms with Gasteiger partial charge in [-0.05, 0) is 24.9 Å². The van der Waals surface area contributed by atoms with Crippen molar-refractivity contribution < 1.29 is 19.4 Å². The van der Waals surface area contributed by atoms with Crippen molar-refractivity contribution in [1.29, 1.82) is 0 Å². The van der Waals surface area contributed by atoms with Crippen LogP contribution in [0.15, 0.2) is 30.3 Å². The van der Waals surface area contributed by atoms with Gasteiger partial charge in [0.15, 0.2) is 0 Å². The van der Waals surface area contributed by atoms with Crippen molar-refractivity contribution in [2.24, 2.45) is 0 Å². The number of halogens is 1. The van der Waals surface area contributed by atoms with Crippen molar-refractivity contribution in [2.45, 2.75) is 50.5 Å². The average molecular weight is 338 g/mol. The van der Waals surface area contributed by atoms with E-state index >= 15 is 0 Å². The molecule has 1 aromatic carbocycles. The molecule has 0 saturated carbocycles. The molecule has 1 aliphatic rings. The van der Waals surface area contributed by atoms with Gasteiger partial charge in [0.2, 0.25) is 5.91 Å². The van der Waals surface area contributed by atoms with Crippen LogP contribution in [0.25, 0.3) is 0 Å². The summed E-state index contributed by atoms with van der Waals surface area (Å²) in [6.07, 6.45) is -0.901. The summed E-state index contributed by atoms with van der Waals surface area (Å²) in [6.45, 7) is 2.31. The molecule has 0 radical (unpaired) electrons. The van der Waals surface area contributed by atoms with Crippen molar-refractivity contribution >= 4 is 5.91 Å². The molecule has 1 amide bonds. The molecule has 1 heterocycles. The number of aryl methyl sites for hydroxylation is 1. The van der Waals surface area contributed by atoms with Crippen molar-refractivity contribution in [3.05, 3.63) is 35.9 Å². The lowest BCUT2D eigenvalue weighted by molar-refractivity contribution is -0.125. The van der Waals surface area contributed by atoms with E-state index in [1.165, 1.54) is 5.56 Å². The Labute approximate surface area is 142 Å². The van der Waals surface area contributed by atoms with Gasteiger partial charge in [-0.15, -0.1) is 0 Å². The van der Waals surface area contributed by atoms with Crippen LogP contribution in [0.3, 0.4) is 0 Å². The zero-order valence-electron chi connectivity index (χ0n) is 14.1. The van der Waals surface area contributed by atoms with Gasteiger partial charge in [-0.1, -0.05) is 37.3 Å². The first kappa shape index (κ1) is 18.8. The summed E-state index contributed by atoms with van der Waals surface area (Å²) >= 11 is 0. The quantitative estimate of drug-likeness (QED) is 0.690. The van der Waals surface area contributed by atoms with Crippen LogP contribution in [-0.4, -0.2) is 65.1 Å². The van der Waals surface area contributed by atoms with Gasteiger partial charge < -0.3 is 15.5 Å². The van der Waals surface area contributed by atoms with E-state index in [-0.39, 0.29) is 18.9 Å². The molecular formula is C18H27FN2O3. The molecule has 5 nitrogen and oxygen atoms in total. The Morgan fingerprint density at radius 1 is 1.38 bits per heavy atom. The minimum atomic E-state index is -1.58. The molecule has 0 bridgehead atoms. The third-order valence-electron chi connectivity index (χ3n) is 4.61. The van der Waals surface area contributed by atoms with Crippen LogP contribution in [0.1, 0.15) is 25.3 Å². The first-order chi connectivity index (χ1) is 11.6. The second-order valence-electron chi connectivity index (χ2n) is 6.30. The van der Waals surface area contributed by atoms with Crippen LogP contribution >= 0.6 is 0 Å². The molecule has 4 atom stereocenters. The van der Waals surface area contributed by atoms with Crippen molar-refractivity contribution in [3.63, 3.8) is 0 Å². The van der Waals surface area contributed by atoms with Crippen LogP contribution in [-0.2, 0) is 11.2 Å². The van der Waals surface area contributed by atoms with Gasteiger partial charge in [0.05, 0.1) is 18.7 Å². The monoisotopic (exact) mass is 338 g/mol. The minimum Gasteiger partial charge on any atom is -0.395 e. The second-order valence-corrected chi connectivity index (χ2v) is 6.30. The third-order valence-corrected chi connectivity index (χ3v) is 4.61. The predicted molar refractivity (Wildman–Crippen MR) is 90.3 cm³/mol. The minimum absolute atomic E-state index is 0.210. The highest BCUT2D eigenvalue weighted by Crippen LogP contribution is 2.22. The number of likely N-dealkylation sites (tertiary alicyclic amines) is 1. The van der Waals surface area contributed by atoms with E-state index in [2.05, 4.69) is 5.32 Å². The van der Waals surface area contributed by atoms with E-state index in [1.807, 2.05) is 35.2 Å². The summed E-state index contributed by atoms with van der Waals surface area (Å²) in [4.78, 5) is 13.4. The molecule has 0 aromatic heterocycles. The number of piperidine rings is 1. The lowest BCUT2D eigenvalue weighted by atomic mass is 9.93. The molecule has 0 aliphatic carbocycles. The highest BCUT2D eigenvalue weighted by atomic mass is 19.1. The number of hydrogen-bond acceptors (Lipinski definition) is 4. The second kappa shape index (κ2) is 9.11. The Bertz CT molecular complexity index is 514. The van der Waals surface area contributed by atoms with Gasteiger partial charge >= 0.3 is 0 Å². The van der Waals surface area contributed by atoms with Gasteiger partial charge in [0, 0.05) is 13.0 Å². The Balaban J connectivity index is 1.95. The topological polar surface area (TPSA) is 72.8 Å². The lowest BCUT2D eigenvalue weighted by Gasteiger charge is -2.44. The number of alkyl halides is 1. The molecule has 1 aliphatic heterocycles. The molecule has 2 rings (SSSR count). The number of carbonyl (C=O) groups excluding carboxylic acids is 1. The molecular weight excluding hydrogens is 311 g/mol. The number of rotatable bonds is 7. The first-order valence-electron chi connectivity index (χ1n) is 8.57.